The van der Waals surface area contributed by atoms with Gasteiger partial charge in [-0.05, 0) is 46.8 Å². The third-order valence-corrected chi connectivity index (χ3v) is 3.75. The number of nitrogens with zero attached hydrogens (tertiary/aromatic N) is 1. The largest absolute Gasteiger partial charge is 0.366 e. The molecule has 0 saturated heterocycles. The van der Waals surface area contributed by atoms with Crippen molar-refractivity contribution in [1.82, 2.24) is 4.98 Å². The van der Waals surface area contributed by atoms with Gasteiger partial charge in [0.1, 0.15) is 5.82 Å². The molecular weight excluding hydrogens is 266 g/mol. The second kappa shape index (κ2) is 5.64. The van der Waals surface area contributed by atoms with Crippen LogP contribution in [0.2, 0.25) is 0 Å². The topological polar surface area (TPSA) is 50.9 Å². The Morgan fingerprint density at radius 2 is 2.19 bits per heavy atom. The summed E-state index contributed by atoms with van der Waals surface area (Å²) >= 11 is 3.38. The maximum Gasteiger partial charge on any atom is 0.126 e. The van der Waals surface area contributed by atoms with Crippen LogP contribution in [0.5, 0.6) is 0 Å². The van der Waals surface area contributed by atoms with Crippen LogP contribution in [0, 0.1) is 5.92 Å². The minimum absolute atomic E-state index is 0.371. The molecule has 16 heavy (non-hydrogen) atoms. The minimum Gasteiger partial charge on any atom is -0.366 e. The molecule has 1 aromatic heterocycles. The Morgan fingerprint density at radius 1 is 1.44 bits per heavy atom. The van der Waals surface area contributed by atoms with E-state index in [4.69, 9.17) is 5.73 Å². The maximum absolute atomic E-state index is 5.83. The standard InChI is InChI=1S/C12H18BrN3/c13-10-5-6-12(15-8-10)16-11(7-14)9-3-1-2-4-9/h5-6,8-9,11H,1-4,7,14H2,(H,15,16). The molecule has 0 radical (unpaired) electrons. The highest BCUT2D eigenvalue weighted by Gasteiger charge is 2.23. The fourth-order valence-corrected chi connectivity index (χ4v) is 2.61. The summed E-state index contributed by atoms with van der Waals surface area (Å²) in [5.74, 6) is 1.64. The van der Waals surface area contributed by atoms with E-state index in [0.717, 1.165) is 16.2 Å². The highest BCUT2D eigenvalue weighted by Crippen LogP contribution is 2.28. The average Bonchev–Trinajstić information content (AvgIpc) is 2.82. The summed E-state index contributed by atoms with van der Waals surface area (Å²) in [6.45, 7) is 0.683. The van der Waals surface area contributed by atoms with Crippen LogP contribution in [0.15, 0.2) is 22.8 Å². The zero-order valence-corrected chi connectivity index (χ0v) is 10.9. The number of hydrogen-bond donors (Lipinski definition) is 2. The van der Waals surface area contributed by atoms with E-state index in [-0.39, 0.29) is 0 Å². The molecule has 0 amide bonds. The first-order valence-corrected chi connectivity index (χ1v) is 6.67. The molecule has 1 fully saturated rings. The number of aromatic nitrogens is 1. The van der Waals surface area contributed by atoms with Crippen LogP contribution in [0.25, 0.3) is 0 Å². The lowest BCUT2D eigenvalue weighted by atomic mass is 9.98. The molecule has 1 unspecified atom stereocenters. The van der Waals surface area contributed by atoms with E-state index < -0.39 is 0 Å². The molecule has 88 valence electrons. The lowest BCUT2D eigenvalue weighted by Crippen LogP contribution is -2.35. The average molecular weight is 284 g/mol. The van der Waals surface area contributed by atoms with Gasteiger partial charge in [-0.1, -0.05) is 12.8 Å². The van der Waals surface area contributed by atoms with Gasteiger partial charge in [0, 0.05) is 23.3 Å². The Kier molecular flexibility index (Phi) is 4.18. The van der Waals surface area contributed by atoms with Gasteiger partial charge < -0.3 is 11.1 Å². The van der Waals surface area contributed by atoms with Crippen molar-refractivity contribution in [3.8, 4) is 0 Å². The number of pyridine rings is 1. The zero-order valence-electron chi connectivity index (χ0n) is 9.32. The zero-order chi connectivity index (χ0) is 11.4. The molecule has 1 aliphatic rings. The highest BCUT2D eigenvalue weighted by atomic mass is 79.9. The van der Waals surface area contributed by atoms with E-state index in [0.29, 0.717) is 12.6 Å². The van der Waals surface area contributed by atoms with Gasteiger partial charge in [-0.2, -0.15) is 0 Å². The molecule has 1 atom stereocenters. The van der Waals surface area contributed by atoms with Crippen molar-refractivity contribution >= 4 is 21.7 Å². The number of anilines is 1. The fourth-order valence-electron chi connectivity index (χ4n) is 2.38. The molecule has 0 aromatic carbocycles. The summed E-state index contributed by atoms with van der Waals surface area (Å²) in [7, 11) is 0. The van der Waals surface area contributed by atoms with Gasteiger partial charge in [0.05, 0.1) is 0 Å². The van der Waals surface area contributed by atoms with Gasteiger partial charge >= 0.3 is 0 Å². The summed E-state index contributed by atoms with van der Waals surface area (Å²) in [5.41, 5.74) is 5.83. The highest BCUT2D eigenvalue weighted by molar-refractivity contribution is 9.10. The Bertz CT molecular complexity index is 320. The predicted molar refractivity (Wildman–Crippen MR) is 70.4 cm³/mol. The van der Waals surface area contributed by atoms with Gasteiger partial charge in [0.25, 0.3) is 0 Å². The quantitative estimate of drug-likeness (QED) is 0.894. The van der Waals surface area contributed by atoms with Gasteiger partial charge in [-0.3, -0.25) is 0 Å². The Morgan fingerprint density at radius 3 is 2.75 bits per heavy atom. The van der Waals surface area contributed by atoms with Crippen molar-refractivity contribution in [2.45, 2.75) is 31.7 Å². The van der Waals surface area contributed by atoms with Crippen molar-refractivity contribution in [1.29, 1.82) is 0 Å². The van der Waals surface area contributed by atoms with Crippen LogP contribution in [-0.4, -0.2) is 17.6 Å². The van der Waals surface area contributed by atoms with Gasteiger partial charge in [-0.15, -0.1) is 0 Å². The van der Waals surface area contributed by atoms with Gasteiger partial charge in [0.15, 0.2) is 0 Å². The molecule has 0 spiro atoms. The molecule has 4 heteroatoms. The van der Waals surface area contributed by atoms with Crippen molar-refractivity contribution < 1.29 is 0 Å². The summed E-state index contributed by atoms with van der Waals surface area (Å²) in [5, 5.41) is 3.44. The van der Waals surface area contributed by atoms with E-state index in [1.807, 2.05) is 18.3 Å². The molecule has 0 aliphatic heterocycles. The second-order valence-corrected chi connectivity index (χ2v) is 5.31. The number of hydrogen-bond acceptors (Lipinski definition) is 3. The van der Waals surface area contributed by atoms with Gasteiger partial charge in [-0.25, -0.2) is 4.98 Å². The van der Waals surface area contributed by atoms with Crippen molar-refractivity contribution in [2.75, 3.05) is 11.9 Å². The van der Waals surface area contributed by atoms with Crippen LogP contribution in [0.3, 0.4) is 0 Å². The maximum atomic E-state index is 5.83. The van der Waals surface area contributed by atoms with Gasteiger partial charge in [0.2, 0.25) is 0 Å². The fraction of sp³-hybridized carbons (Fsp3) is 0.583. The first-order valence-electron chi connectivity index (χ1n) is 5.88. The van der Waals surface area contributed by atoms with Crippen LogP contribution in [0.1, 0.15) is 25.7 Å². The SMILES string of the molecule is NCC(Nc1ccc(Br)cn1)C1CCCC1. The lowest BCUT2D eigenvalue weighted by molar-refractivity contribution is 0.461. The molecule has 1 aromatic rings. The summed E-state index contributed by atoms with van der Waals surface area (Å²) in [6.07, 6.45) is 7.09. The molecule has 3 N–H and O–H groups in total. The number of nitrogens with two attached hydrogens (primary N) is 1. The first kappa shape index (κ1) is 11.9. The molecular formula is C12H18BrN3. The van der Waals surface area contributed by atoms with Crippen LogP contribution in [0.4, 0.5) is 5.82 Å². The van der Waals surface area contributed by atoms with Crippen LogP contribution in [-0.2, 0) is 0 Å². The number of rotatable bonds is 4. The van der Waals surface area contributed by atoms with Crippen molar-refractivity contribution in [3.63, 3.8) is 0 Å². The van der Waals surface area contributed by atoms with Crippen LogP contribution >= 0.6 is 15.9 Å². The summed E-state index contributed by atoms with van der Waals surface area (Å²) < 4.78 is 1.00. The van der Waals surface area contributed by atoms with Crippen LogP contribution < -0.4 is 11.1 Å². The van der Waals surface area contributed by atoms with E-state index in [2.05, 4.69) is 26.2 Å². The Labute approximate surface area is 105 Å². The van der Waals surface area contributed by atoms with E-state index in [1.54, 1.807) is 0 Å². The number of halogens is 1. The third-order valence-electron chi connectivity index (χ3n) is 3.28. The van der Waals surface area contributed by atoms with Crippen molar-refractivity contribution in [2.24, 2.45) is 11.7 Å². The normalized spacial score (nSPS) is 18.6. The van der Waals surface area contributed by atoms with Crippen molar-refractivity contribution in [3.05, 3.63) is 22.8 Å². The monoisotopic (exact) mass is 283 g/mol. The van der Waals surface area contributed by atoms with E-state index >= 15 is 0 Å². The Balaban J connectivity index is 1.97. The summed E-state index contributed by atoms with van der Waals surface area (Å²) in [6, 6.07) is 4.36. The predicted octanol–water partition coefficient (Wildman–Crippen LogP) is 2.77. The molecule has 1 saturated carbocycles. The van der Waals surface area contributed by atoms with E-state index in [9.17, 15) is 0 Å². The smallest absolute Gasteiger partial charge is 0.126 e. The molecule has 1 aliphatic carbocycles. The number of nitrogens with one attached hydrogen (secondary N) is 1. The summed E-state index contributed by atoms with van der Waals surface area (Å²) in [4.78, 5) is 4.32. The Hall–Kier alpha value is -0.610. The van der Waals surface area contributed by atoms with E-state index in [1.165, 1.54) is 25.7 Å². The molecule has 3 nitrogen and oxygen atoms in total. The first-order chi connectivity index (χ1) is 7.79. The second-order valence-electron chi connectivity index (χ2n) is 4.39. The third kappa shape index (κ3) is 2.95. The minimum atomic E-state index is 0.371. The molecule has 1 heterocycles. The lowest BCUT2D eigenvalue weighted by Gasteiger charge is -2.23. The molecule has 0 bridgehead atoms. The molecule has 2 rings (SSSR count).